The van der Waals surface area contributed by atoms with E-state index in [1.54, 1.807) is 24.5 Å². The van der Waals surface area contributed by atoms with E-state index < -0.39 is 0 Å². The molecule has 6 heteroatoms. The molecule has 0 saturated carbocycles. The lowest BCUT2D eigenvalue weighted by Gasteiger charge is -2.21. The van der Waals surface area contributed by atoms with Crippen LogP contribution >= 0.6 is 11.6 Å². The van der Waals surface area contributed by atoms with Crippen molar-refractivity contribution in [3.8, 4) is 0 Å². The van der Waals surface area contributed by atoms with Crippen LogP contribution in [0.4, 0.5) is 0 Å². The molecule has 0 amide bonds. The summed E-state index contributed by atoms with van der Waals surface area (Å²) < 4.78 is 4.89. The number of allylic oxidation sites excluding steroid dienone is 1. The normalized spacial score (nSPS) is 14.3. The van der Waals surface area contributed by atoms with Gasteiger partial charge in [0.1, 0.15) is 0 Å². The first-order chi connectivity index (χ1) is 14.0. The van der Waals surface area contributed by atoms with Crippen molar-refractivity contribution in [2.24, 2.45) is 10.9 Å². The number of aliphatic imine (C=N–C) groups is 1. The Bertz CT molecular complexity index is 666. The van der Waals surface area contributed by atoms with Crippen LogP contribution in [0, 0.1) is 5.92 Å². The van der Waals surface area contributed by atoms with Gasteiger partial charge in [0.05, 0.1) is 11.6 Å². The molecule has 0 aromatic heterocycles. The van der Waals surface area contributed by atoms with E-state index in [0.29, 0.717) is 29.5 Å². The molecule has 1 saturated heterocycles. The van der Waals surface area contributed by atoms with Crippen molar-refractivity contribution >= 4 is 35.6 Å². The smallest absolute Gasteiger partial charge is 0.306 e. The molecular weight excluding hydrogens is 388 g/mol. The topological polar surface area (TPSA) is 67.8 Å². The minimum Gasteiger partial charge on any atom is -0.466 e. The maximum absolute atomic E-state index is 11.1. The average molecular weight is 423 g/mol. The van der Waals surface area contributed by atoms with E-state index in [2.05, 4.69) is 10.3 Å². The average Bonchev–Trinajstić information content (AvgIpc) is 2.74. The van der Waals surface area contributed by atoms with Crippen molar-refractivity contribution in [3.05, 3.63) is 40.5 Å². The Kier molecular flexibility index (Phi) is 15.8. The lowest BCUT2D eigenvalue weighted by molar-refractivity contribution is -0.144. The quantitative estimate of drug-likeness (QED) is 0.369. The number of nitrogens with zero attached hydrogens (tertiary/aromatic N) is 1. The zero-order valence-electron chi connectivity index (χ0n) is 18.3. The molecule has 5 nitrogen and oxygen atoms in total. The molecular formula is C23H35ClN2O3. The molecule has 0 atom stereocenters. The van der Waals surface area contributed by atoms with Crippen molar-refractivity contribution in [2.45, 2.75) is 53.9 Å². The number of rotatable bonds is 6. The van der Waals surface area contributed by atoms with Gasteiger partial charge in [-0.25, -0.2) is 0 Å². The zero-order valence-corrected chi connectivity index (χ0v) is 19.1. The molecule has 2 rings (SSSR count). The number of hydrogen-bond donors (Lipinski definition) is 1. The molecule has 1 aliphatic heterocycles. The highest BCUT2D eigenvalue weighted by atomic mass is 35.5. The van der Waals surface area contributed by atoms with Crippen LogP contribution < -0.4 is 5.32 Å². The summed E-state index contributed by atoms with van der Waals surface area (Å²) in [4.78, 5) is 25.6. The number of esters is 1. The highest BCUT2D eigenvalue weighted by Gasteiger charge is 2.16. The van der Waals surface area contributed by atoms with Crippen LogP contribution in [0.3, 0.4) is 0 Å². The summed E-state index contributed by atoms with van der Waals surface area (Å²) in [5, 5.41) is 3.74. The van der Waals surface area contributed by atoms with Gasteiger partial charge in [0.2, 0.25) is 0 Å². The summed E-state index contributed by atoms with van der Waals surface area (Å²) in [5.41, 5.74) is 2.48. The van der Waals surface area contributed by atoms with Gasteiger partial charge in [-0.3, -0.25) is 14.6 Å². The fraction of sp³-hybridized carbons (Fsp3) is 0.522. The van der Waals surface area contributed by atoms with Gasteiger partial charge in [-0.15, -0.1) is 0 Å². The monoisotopic (exact) mass is 422 g/mol. The van der Waals surface area contributed by atoms with Crippen LogP contribution in [0.15, 0.2) is 29.4 Å². The summed E-state index contributed by atoms with van der Waals surface area (Å²) in [6, 6.07) is 5.33. The number of carbonyl (C=O) groups excluding carboxylic acids is 2. The van der Waals surface area contributed by atoms with Gasteiger partial charge in [0.25, 0.3) is 0 Å². The Morgan fingerprint density at radius 1 is 1.31 bits per heavy atom. The Morgan fingerprint density at radius 3 is 2.48 bits per heavy atom. The molecule has 1 N–H and O–H groups in total. The van der Waals surface area contributed by atoms with E-state index in [1.165, 1.54) is 0 Å². The minimum absolute atomic E-state index is 0.0376. The minimum atomic E-state index is -0.0376. The number of carbonyl (C=O) groups is 2. The first-order valence-electron chi connectivity index (χ1n) is 10.3. The molecule has 0 bridgehead atoms. The van der Waals surface area contributed by atoms with Crippen molar-refractivity contribution in [2.75, 3.05) is 19.7 Å². The molecule has 1 heterocycles. The summed E-state index contributed by atoms with van der Waals surface area (Å²) in [7, 11) is 0. The molecule has 0 aliphatic carbocycles. The molecule has 1 aromatic carbocycles. The second kappa shape index (κ2) is 16.9. The van der Waals surface area contributed by atoms with E-state index in [-0.39, 0.29) is 5.97 Å². The SMILES string of the molecule is CC.CC=N/C=C(\C)c1ccc(C=O)c(Cl)c1.CCOC(=O)CC1CCNCC1. The molecule has 1 fully saturated rings. The Labute approximate surface area is 180 Å². The van der Waals surface area contributed by atoms with E-state index >= 15 is 0 Å². The summed E-state index contributed by atoms with van der Waals surface area (Å²) in [6.07, 6.45) is 7.04. The Hall–Kier alpha value is -1.98. The van der Waals surface area contributed by atoms with Crippen molar-refractivity contribution < 1.29 is 14.3 Å². The van der Waals surface area contributed by atoms with Gasteiger partial charge in [-0.2, -0.15) is 0 Å². The van der Waals surface area contributed by atoms with Crippen LogP contribution in [0.1, 0.15) is 69.8 Å². The van der Waals surface area contributed by atoms with Gasteiger partial charge in [-0.1, -0.05) is 31.5 Å². The predicted molar refractivity (Wildman–Crippen MR) is 123 cm³/mol. The molecule has 0 unspecified atom stereocenters. The van der Waals surface area contributed by atoms with Crippen LogP contribution in [-0.4, -0.2) is 38.2 Å². The second-order valence-electron chi connectivity index (χ2n) is 6.28. The number of piperidine rings is 1. The third kappa shape index (κ3) is 11.6. The highest BCUT2D eigenvalue weighted by molar-refractivity contribution is 6.33. The highest BCUT2D eigenvalue weighted by Crippen LogP contribution is 2.21. The molecule has 1 aliphatic rings. The summed E-state index contributed by atoms with van der Waals surface area (Å²) >= 11 is 5.91. The standard InChI is InChI=1S/C12H12ClNO.C9H17NO2.C2H6/c1-3-14-7-9(2)10-4-5-11(8-15)12(13)6-10;1-2-12-9(11)7-8-3-5-10-6-4-8;1-2/h3-8H,1-2H3;8,10H,2-7H2,1H3;1-2H3/b9-7+,14-3?;;. The zero-order chi connectivity index (χ0) is 22.1. The largest absolute Gasteiger partial charge is 0.466 e. The lowest BCUT2D eigenvalue weighted by atomic mass is 9.95. The molecule has 1 aromatic rings. The van der Waals surface area contributed by atoms with Gasteiger partial charge < -0.3 is 10.1 Å². The van der Waals surface area contributed by atoms with Crippen molar-refractivity contribution in [1.82, 2.24) is 5.32 Å². The fourth-order valence-electron chi connectivity index (χ4n) is 2.67. The van der Waals surface area contributed by atoms with Gasteiger partial charge in [0.15, 0.2) is 6.29 Å². The van der Waals surface area contributed by atoms with E-state index in [4.69, 9.17) is 16.3 Å². The maximum Gasteiger partial charge on any atom is 0.306 e. The number of halogens is 1. The first kappa shape index (κ1) is 27.0. The Balaban J connectivity index is 0.000000508. The number of nitrogens with one attached hydrogen (secondary N) is 1. The molecule has 0 spiro atoms. The molecule has 0 radical (unpaired) electrons. The Morgan fingerprint density at radius 2 is 1.97 bits per heavy atom. The number of ether oxygens (including phenoxy) is 1. The summed E-state index contributed by atoms with van der Waals surface area (Å²) in [5.74, 6) is 0.509. The van der Waals surface area contributed by atoms with E-state index in [0.717, 1.165) is 43.4 Å². The maximum atomic E-state index is 11.1. The third-order valence-corrected chi connectivity index (χ3v) is 4.55. The third-order valence-electron chi connectivity index (χ3n) is 4.22. The number of aldehydes is 1. The van der Waals surface area contributed by atoms with Crippen LogP contribution in [0.25, 0.3) is 5.57 Å². The second-order valence-corrected chi connectivity index (χ2v) is 6.68. The van der Waals surface area contributed by atoms with Gasteiger partial charge in [0, 0.05) is 24.4 Å². The van der Waals surface area contributed by atoms with Crippen LogP contribution in [0.5, 0.6) is 0 Å². The van der Waals surface area contributed by atoms with Crippen LogP contribution in [-0.2, 0) is 9.53 Å². The molecule has 29 heavy (non-hydrogen) atoms. The fourth-order valence-corrected chi connectivity index (χ4v) is 2.90. The lowest BCUT2D eigenvalue weighted by Crippen LogP contribution is -2.29. The van der Waals surface area contributed by atoms with Gasteiger partial charge >= 0.3 is 5.97 Å². The predicted octanol–water partition coefficient (Wildman–Crippen LogP) is 5.57. The van der Waals surface area contributed by atoms with Crippen molar-refractivity contribution in [1.29, 1.82) is 0 Å². The number of benzene rings is 1. The van der Waals surface area contributed by atoms with E-state index in [1.807, 2.05) is 40.7 Å². The number of hydrogen-bond acceptors (Lipinski definition) is 5. The summed E-state index contributed by atoms with van der Waals surface area (Å²) in [6.45, 7) is 12.2. The van der Waals surface area contributed by atoms with E-state index in [9.17, 15) is 9.59 Å². The van der Waals surface area contributed by atoms with Crippen molar-refractivity contribution in [3.63, 3.8) is 0 Å². The molecule has 162 valence electrons. The van der Waals surface area contributed by atoms with Gasteiger partial charge in [-0.05, 0) is 75.9 Å². The first-order valence-corrected chi connectivity index (χ1v) is 10.7. The van der Waals surface area contributed by atoms with Crippen LogP contribution in [0.2, 0.25) is 5.02 Å².